The van der Waals surface area contributed by atoms with Crippen LogP contribution in [0.2, 0.25) is 0 Å². The van der Waals surface area contributed by atoms with Gasteiger partial charge in [0.15, 0.2) is 0 Å². The van der Waals surface area contributed by atoms with Crippen molar-refractivity contribution in [3.63, 3.8) is 0 Å². The van der Waals surface area contributed by atoms with Crippen molar-refractivity contribution in [1.29, 1.82) is 0 Å². The number of H-pyrrole nitrogens is 1. The van der Waals surface area contributed by atoms with Gasteiger partial charge in [-0.1, -0.05) is 35.9 Å². The number of benzene rings is 2. The number of methoxy groups -OCH3 is 1. The van der Waals surface area contributed by atoms with Gasteiger partial charge in [-0.3, -0.25) is 0 Å². The molecule has 0 saturated heterocycles. The highest BCUT2D eigenvalue weighted by atomic mass is 16.5. The van der Waals surface area contributed by atoms with Crippen LogP contribution in [0.25, 0.3) is 22.2 Å². The van der Waals surface area contributed by atoms with Gasteiger partial charge in [-0.2, -0.15) is 0 Å². The fourth-order valence-corrected chi connectivity index (χ4v) is 2.19. The quantitative estimate of drug-likeness (QED) is 0.711. The zero-order valence-corrected chi connectivity index (χ0v) is 10.5. The Morgan fingerprint density at radius 3 is 2.50 bits per heavy atom. The van der Waals surface area contributed by atoms with Crippen LogP contribution in [0, 0.1) is 6.92 Å². The lowest BCUT2D eigenvalue weighted by atomic mass is 10.1. The summed E-state index contributed by atoms with van der Waals surface area (Å²) in [6.07, 6.45) is 0. The molecule has 0 saturated carbocycles. The summed E-state index contributed by atoms with van der Waals surface area (Å²) in [5, 5.41) is 1.12. The fourth-order valence-electron chi connectivity index (χ4n) is 2.19. The highest BCUT2D eigenvalue weighted by Crippen LogP contribution is 2.30. The summed E-state index contributed by atoms with van der Waals surface area (Å²) >= 11 is 0. The standard InChI is InChI=1S/C16H15NO/c1-11-6-8-12(9-7-11)15-10-13-14(17-15)4-3-5-16(13)18-2/h3-10,17H,1-2H3. The molecule has 0 atom stereocenters. The SMILES string of the molecule is COc1cccc2[nH]c(-c3ccc(C)cc3)cc12. The van der Waals surface area contributed by atoms with Gasteiger partial charge in [0.2, 0.25) is 0 Å². The van der Waals surface area contributed by atoms with Gasteiger partial charge in [-0.15, -0.1) is 0 Å². The monoisotopic (exact) mass is 237 g/mol. The summed E-state index contributed by atoms with van der Waals surface area (Å²) in [5.41, 5.74) is 4.69. The van der Waals surface area contributed by atoms with E-state index < -0.39 is 0 Å². The molecule has 2 aromatic carbocycles. The first kappa shape index (κ1) is 10.9. The van der Waals surface area contributed by atoms with E-state index in [1.165, 1.54) is 11.1 Å². The molecule has 0 radical (unpaired) electrons. The lowest BCUT2D eigenvalue weighted by Crippen LogP contribution is -1.81. The number of aromatic nitrogens is 1. The van der Waals surface area contributed by atoms with E-state index in [0.717, 1.165) is 22.3 Å². The highest BCUT2D eigenvalue weighted by molar-refractivity contribution is 5.90. The largest absolute Gasteiger partial charge is 0.496 e. The van der Waals surface area contributed by atoms with Crippen LogP contribution in [-0.2, 0) is 0 Å². The summed E-state index contributed by atoms with van der Waals surface area (Å²) < 4.78 is 5.38. The number of fused-ring (bicyclic) bond motifs is 1. The van der Waals surface area contributed by atoms with E-state index >= 15 is 0 Å². The van der Waals surface area contributed by atoms with Crippen molar-refractivity contribution in [3.8, 4) is 17.0 Å². The second-order valence-corrected chi connectivity index (χ2v) is 4.47. The third kappa shape index (κ3) is 1.76. The molecule has 2 nitrogen and oxygen atoms in total. The van der Waals surface area contributed by atoms with Crippen molar-refractivity contribution in [3.05, 3.63) is 54.1 Å². The van der Waals surface area contributed by atoms with Gasteiger partial charge in [-0.05, 0) is 30.7 Å². The summed E-state index contributed by atoms with van der Waals surface area (Å²) in [6.45, 7) is 2.10. The number of aromatic amines is 1. The first-order valence-corrected chi connectivity index (χ1v) is 6.01. The summed E-state index contributed by atoms with van der Waals surface area (Å²) in [6, 6.07) is 16.7. The molecule has 1 heterocycles. The maximum absolute atomic E-state index is 5.38. The number of hydrogen-bond donors (Lipinski definition) is 1. The Balaban J connectivity index is 2.16. The van der Waals surface area contributed by atoms with E-state index in [-0.39, 0.29) is 0 Å². The predicted octanol–water partition coefficient (Wildman–Crippen LogP) is 4.15. The maximum Gasteiger partial charge on any atom is 0.128 e. The number of nitrogens with one attached hydrogen (secondary N) is 1. The smallest absolute Gasteiger partial charge is 0.128 e. The Kier molecular flexibility index (Phi) is 2.56. The molecule has 3 aromatic rings. The van der Waals surface area contributed by atoms with E-state index in [1.54, 1.807) is 7.11 Å². The zero-order chi connectivity index (χ0) is 12.5. The van der Waals surface area contributed by atoms with Gasteiger partial charge in [0.1, 0.15) is 5.75 Å². The summed E-state index contributed by atoms with van der Waals surface area (Å²) in [5.74, 6) is 0.905. The molecule has 18 heavy (non-hydrogen) atoms. The highest BCUT2D eigenvalue weighted by Gasteiger charge is 2.06. The van der Waals surface area contributed by atoms with Gasteiger partial charge >= 0.3 is 0 Å². The molecule has 2 heteroatoms. The second-order valence-electron chi connectivity index (χ2n) is 4.47. The molecular weight excluding hydrogens is 222 g/mol. The Labute approximate surface area is 106 Å². The van der Waals surface area contributed by atoms with Crippen molar-refractivity contribution in [2.75, 3.05) is 7.11 Å². The van der Waals surface area contributed by atoms with Crippen LogP contribution in [0.5, 0.6) is 5.75 Å². The van der Waals surface area contributed by atoms with Gasteiger partial charge in [0.25, 0.3) is 0 Å². The van der Waals surface area contributed by atoms with Crippen molar-refractivity contribution in [2.45, 2.75) is 6.92 Å². The summed E-state index contributed by atoms with van der Waals surface area (Å²) in [4.78, 5) is 3.43. The Morgan fingerprint density at radius 2 is 1.78 bits per heavy atom. The Morgan fingerprint density at radius 1 is 1.00 bits per heavy atom. The lowest BCUT2D eigenvalue weighted by molar-refractivity contribution is 0.420. The minimum absolute atomic E-state index is 0.905. The molecule has 90 valence electrons. The van der Waals surface area contributed by atoms with Gasteiger partial charge in [0, 0.05) is 16.6 Å². The van der Waals surface area contributed by atoms with Crippen molar-refractivity contribution < 1.29 is 4.74 Å². The first-order chi connectivity index (χ1) is 8.78. The van der Waals surface area contributed by atoms with Crippen LogP contribution >= 0.6 is 0 Å². The molecule has 0 aliphatic rings. The zero-order valence-electron chi connectivity index (χ0n) is 10.5. The molecule has 0 bridgehead atoms. The molecule has 0 aliphatic carbocycles. The van der Waals surface area contributed by atoms with Crippen LogP contribution < -0.4 is 4.74 Å². The second kappa shape index (κ2) is 4.22. The molecule has 3 rings (SSSR count). The minimum Gasteiger partial charge on any atom is -0.496 e. The Bertz CT molecular complexity index is 680. The van der Waals surface area contributed by atoms with Gasteiger partial charge < -0.3 is 9.72 Å². The first-order valence-electron chi connectivity index (χ1n) is 6.01. The van der Waals surface area contributed by atoms with Crippen molar-refractivity contribution >= 4 is 10.9 Å². The molecule has 1 aromatic heterocycles. The normalized spacial score (nSPS) is 10.8. The van der Waals surface area contributed by atoms with Crippen LogP contribution in [-0.4, -0.2) is 12.1 Å². The summed E-state index contributed by atoms with van der Waals surface area (Å²) in [7, 11) is 1.70. The topological polar surface area (TPSA) is 25.0 Å². The molecule has 0 fully saturated rings. The predicted molar refractivity (Wildman–Crippen MR) is 75.0 cm³/mol. The third-order valence-electron chi connectivity index (χ3n) is 3.21. The van der Waals surface area contributed by atoms with Crippen LogP contribution in [0.15, 0.2) is 48.5 Å². The molecule has 1 N–H and O–H groups in total. The molecule has 0 amide bonds. The van der Waals surface area contributed by atoms with Crippen LogP contribution in [0.3, 0.4) is 0 Å². The molecule has 0 spiro atoms. The van der Waals surface area contributed by atoms with E-state index in [4.69, 9.17) is 4.74 Å². The van der Waals surface area contributed by atoms with Crippen molar-refractivity contribution in [2.24, 2.45) is 0 Å². The average molecular weight is 237 g/mol. The number of hydrogen-bond acceptors (Lipinski definition) is 1. The van der Waals surface area contributed by atoms with Crippen molar-refractivity contribution in [1.82, 2.24) is 4.98 Å². The van der Waals surface area contributed by atoms with Crippen LogP contribution in [0.1, 0.15) is 5.56 Å². The van der Waals surface area contributed by atoms with E-state index in [9.17, 15) is 0 Å². The average Bonchev–Trinajstić information content (AvgIpc) is 2.83. The molecule has 0 unspecified atom stereocenters. The number of aryl methyl sites for hydroxylation is 1. The molecule has 0 aliphatic heterocycles. The van der Waals surface area contributed by atoms with Crippen LogP contribution in [0.4, 0.5) is 0 Å². The number of rotatable bonds is 2. The van der Waals surface area contributed by atoms with E-state index in [1.807, 2.05) is 12.1 Å². The van der Waals surface area contributed by atoms with Gasteiger partial charge in [-0.25, -0.2) is 0 Å². The maximum atomic E-state index is 5.38. The van der Waals surface area contributed by atoms with E-state index in [0.29, 0.717) is 0 Å². The third-order valence-corrected chi connectivity index (χ3v) is 3.21. The Hall–Kier alpha value is -2.22. The lowest BCUT2D eigenvalue weighted by Gasteiger charge is -1.99. The molecular formula is C16H15NO. The van der Waals surface area contributed by atoms with Gasteiger partial charge in [0.05, 0.1) is 7.11 Å². The minimum atomic E-state index is 0.905. The number of ether oxygens (including phenoxy) is 1. The fraction of sp³-hybridized carbons (Fsp3) is 0.125. The van der Waals surface area contributed by atoms with E-state index in [2.05, 4.69) is 48.3 Å².